The van der Waals surface area contributed by atoms with Gasteiger partial charge in [-0.1, -0.05) is 6.07 Å². The molecule has 1 unspecified atom stereocenters. The van der Waals surface area contributed by atoms with Crippen LogP contribution in [0, 0.1) is 5.82 Å². The second-order valence-corrected chi connectivity index (χ2v) is 5.03. The highest BCUT2D eigenvalue weighted by Gasteiger charge is 2.07. The zero-order chi connectivity index (χ0) is 13.0. The Morgan fingerprint density at radius 3 is 2.89 bits per heavy atom. The molecule has 0 bridgehead atoms. The lowest BCUT2D eigenvalue weighted by molar-refractivity contribution is 0.486. The average Bonchev–Trinajstić information content (AvgIpc) is 2.85. The van der Waals surface area contributed by atoms with E-state index in [0.717, 1.165) is 24.3 Å². The molecule has 2 aromatic rings. The van der Waals surface area contributed by atoms with Gasteiger partial charge in [-0.2, -0.15) is 0 Å². The van der Waals surface area contributed by atoms with Crippen LogP contribution in [0.2, 0.25) is 0 Å². The van der Waals surface area contributed by atoms with Crippen molar-refractivity contribution in [1.82, 2.24) is 5.32 Å². The Balaban J connectivity index is 1.87. The molecule has 96 valence electrons. The predicted molar refractivity (Wildman–Crippen MR) is 72.9 cm³/mol. The Labute approximate surface area is 114 Å². The van der Waals surface area contributed by atoms with Gasteiger partial charge in [-0.3, -0.25) is 0 Å². The van der Waals surface area contributed by atoms with Gasteiger partial charge < -0.3 is 9.73 Å². The van der Waals surface area contributed by atoms with Crippen molar-refractivity contribution in [2.75, 3.05) is 6.54 Å². The van der Waals surface area contributed by atoms with Crippen LogP contribution in [0.3, 0.4) is 0 Å². The number of hydrogen-bond acceptors (Lipinski definition) is 2. The summed E-state index contributed by atoms with van der Waals surface area (Å²) in [7, 11) is 0. The molecule has 0 saturated heterocycles. The van der Waals surface area contributed by atoms with Crippen molar-refractivity contribution in [2.45, 2.75) is 19.4 Å². The summed E-state index contributed by atoms with van der Waals surface area (Å²) in [5.41, 5.74) is 1.06. The largest absolute Gasteiger partial charge is 0.469 e. The minimum Gasteiger partial charge on any atom is -0.469 e. The van der Waals surface area contributed by atoms with E-state index in [2.05, 4.69) is 28.2 Å². The smallest absolute Gasteiger partial charge is 0.137 e. The van der Waals surface area contributed by atoms with E-state index in [4.69, 9.17) is 4.42 Å². The van der Waals surface area contributed by atoms with E-state index >= 15 is 0 Å². The zero-order valence-corrected chi connectivity index (χ0v) is 11.7. The fourth-order valence-corrected chi connectivity index (χ4v) is 2.16. The standard InChI is InChI=1S/C14H15BrFNO/c1-10(11-4-5-14(16)13(15)9-11)17-7-6-12-3-2-8-18-12/h2-5,8-10,17H,6-7H2,1H3. The van der Waals surface area contributed by atoms with Crippen LogP contribution in [0.15, 0.2) is 45.5 Å². The fourth-order valence-electron chi connectivity index (χ4n) is 1.77. The summed E-state index contributed by atoms with van der Waals surface area (Å²) in [4.78, 5) is 0. The van der Waals surface area contributed by atoms with Gasteiger partial charge in [-0.15, -0.1) is 0 Å². The lowest BCUT2D eigenvalue weighted by Gasteiger charge is -2.14. The van der Waals surface area contributed by atoms with Gasteiger partial charge in [0.05, 0.1) is 10.7 Å². The summed E-state index contributed by atoms with van der Waals surface area (Å²) in [6.45, 7) is 2.88. The lowest BCUT2D eigenvalue weighted by atomic mass is 10.1. The molecule has 1 aromatic carbocycles. The normalized spacial score (nSPS) is 12.6. The molecule has 18 heavy (non-hydrogen) atoms. The first-order valence-corrected chi connectivity index (χ1v) is 6.67. The van der Waals surface area contributed by atoms with Gasteiger partial charge in [0, 0.05) is 19.0 Å². The lowest BCUT2D eigenvalue weighted by Crippen LogP contribution is -2.21. The molecule has 0 amide bonds. The average molecular weight is 312 g/mol. The summed E-state index contributed by atoms with van der Waals surface area (Å²) < 4.78 is 18.9. The quantitative estimate of drug-likeness (QED) is 0.900. The number of furan rings is 1. The zero-order valence-electron chi connectivity index (χ0n) is 10.1. The molecule has 2 rings (SSSR count). The Morgan fingerprint density at radius 2 is 2.22 bits per heavy atom. The third-order valence-corrected chi connectivity index (χ3v) is 3.45. The maximum Gasteiger partial charge on any atom is 0.137 e. The molecule has 2 nitrogen and oxygen atoms in total. The summed E-state index contributed by atoms with van der Waals surface area (Å²) in [6, 6.07) is 9.10. The van der Waals surface area contributed by atoms with Crippen LogP contribution in [0.5, 0.6) is 0 Å². The van der Waals surface area contributed by atoms with Crippen LogP contribution < -0.4 is 5.32 Å². The first-order chi connectivity index (χ1) is 8.66. The van der Waals surface area contributed by atoms with E-state index in [1.54, 1.807) is 18.4 Å². The molecule has 1 atom stereocenters. The van der Waals surface area contributed by atoms with Crippen molar-refractivity contribution in [3.05, 3.63) is 58.2 Å². The van der Waals surface area contributed by atoms with Crippen molar-refractivity contribution in [2.24, 2.45) is 0 Å². The van der Waals surface area contributed by atoms with Crippen molar-refractivity contribution in [1.29, 1.82) is 0 Å². The molecule has 1 aromatic heterocycles. The molecule has 1 N–H and O–H groups in total. The molecule has 0 spiro atoms. The molecular formula is C14H15BrFNO. The van der Waals surface area contributed by atoms with E-state index < -0.39 is 0 Å². The van der Waals surface area contributed by atoms with Gasteiger partial charge in [0.15, 0.2) is 0 Å². The van der Waals surface area contributed by atoms with Gasteiger partial charge >= 0.3 is 0 Å². The van der Waals surface area contributed by atoms with E-state index in [1.807, 2.05) is 12.1 Å². The molecule has 0 saturated carbocycles. The van der Waals surface area contributed by atoms with Gasteiger partial charge in [0.2, 0.25) is 0 Å². The third kappa shape index (κ3) is 3.43. The first kappa shape index (κ1) is 13.3. The van der Waals surface area contributed by atoms with Crippen molar-refractivity contribution >= 4 is 15.9 Å². The number of benzene rings is 1. The third-order valence-electron chi connectivity index (χ3n) is 2.85. The first-order valence-electron chi connectivity index (χ1n) is 5.87. The van der Waals surface area contributed by atoms with E-state index in [1.165, 1.54) is 6.07 Å². The van der Waals surface area contributed by atoms with Crippen LogP contribution in [0.4, 0.5) is 4.39 Å². The minimum atomic E-state index is -0.235. The van der Waals surface area contributed by atoms with E-state index in [0.29, 0.717) is 4.47 Å². The second-order valence-electron chi connectivity index (χ2n) is 4.18. The van der Waals surface area contributed by atoms with Gasteiger partial charge in [0.25, 0.3) is 0 Å². The Kier molecular flexibility index (Phi) is 4.55. The topological polar surface area (TPSA) is 25.2 Å². The maximum absolute atomic E-state index is 13.1. The van der Waals surface area contributed by atoms with Crippen molar-refractivity contribution in [3.8, 4) is 0 Å². The maximum atomic E-state index is 13.1. The van der Waals surface area contributed by atoms with Crippen LogP contribution >= 0.6 is 15.9 Å². The van der Waals surface area contributed by atoms with Crippen LogP contribution in [0.25, 0.3) is 0 Å². The highest BCUT2D eigenvalue weighted by Crippen LogP contribution is 2.21. The molecule has 1 heterocycles. The molecule has 0 radical (unpaired) electrons. The Morgan fingerprint density at radius 1 is 1.39 bits per heavy atom. The molecule has 0 aliphatic carbocycles. The van der Waals surface area contributed by atoms with Gasteiger partial charge in [-0.25, -0.2) is 4.39 Å². The number of hydrogen-bond donors (Lipinski definition) is 1. The summed E-state index contributed by atoms with van der Waals surface area (Å²) in [5, 5.41) is 3.38. The van der Waals surface area contributed by atoms with Gasteiger partial charge in [0.1, 0.15) is 11.6 Å². The van der Waals surface area contributed by atoms with Crippen LogP contribution in [0.1, 0.15) is 24.3 Å². The van der Waals surface area contributed by atoms with E-state index in [9.17, 15) is 4.39 Å². The van der Waals surface area contributed by atoms with Crippen molar-refractivity contribution in [3.63, 3.8) is 0 Å². The summed E-state index contributed by atoms with van der Waals surface area (Å²) in [5.74, 6) is 0.733. The molecular weight excluding hydrogens is 297 g/mol. The van der Waals surface area contributed by atoms with Crippen molar-refractivity contribution < 1.29 is 8.81 Å². The van der Waals surface area contributed by atoms with Gasteiger partial charge in [-0.05, 0) is 52.7 Å². The van der Waals surface area contributed by atoms with Crippen LogP contribution in [-0.4, -0.2) is 6.54 Å². The highest BCUT2D eigenvalue weighted by molar-refractivity contribution is 9.10. The van der Waals surface area contributed by atoms with Crippen LogP contribution in [-0.2, 0) is 6.42 Å². The summed E-state index contributed by atoms with van der Waals surface area (Å²) in [6.07, 6.45) is 2.52. The molecule has 4 heteroatoms. The molecule has 0 aliphatic rings. The fraction of sp³-hybridized carbons (Fsp3) is 0.286. The monoisotopic (exact) mass is 311 g/mol. The Bertz CT molecular complexity index is 499. The SMILES string of the molecule is CC(NCCc1ccco1)c1ccc(F)c(Br)c1. The number of rotatable bonds is 5. The predicted octanol–water partition coefficient (Wildman–Crippen LogP) is 4.07. The number of halogens is 2. The Hall–Kier alpha value is -1.13. The van der Waals surface area contributed by atoms with E-state index in [-0.39, 0.29) is 11.9 Å². The molecule has 0 fully saturated rings. The second kappa shape index (κ2) is 6.16. The summed E-state index contributed by atoms with van der Waals surface area (Å²) >= 11 is 3.20. The molecule has 0 aliphatic heterocycles. The minimum absolute atomic E-state index is 0.178. The number of nitrogens with one attached hydrogen (secondary N) is 1. The highest BCUT2D eigenvalue weighted by atomic mass is 79.9.